The van der Waals surface area contributed by atoms with Crippen molar-refractivity contribution in [2.24, 2.45) is 0 Å². The van der Waals surface area contributed by atoms with E-state index >= 15 is 0 Å². The molecule has 4 aromatic heterocycles. The number of hydrogen-bond donors (Lipinski definition) is 0. The summed E-state index contributed by atoms with van der Waals surface area (Å²) in [4.78, 5) is 7.55. The number of hydrogen-bond acceptors (Lipinski definition) is 7. The lowest BCUT2D eigenvalue weighted by molar-refractivity contribution is 1.28. The summed E-state index contributed by atoms with van der Waals surface area (Å²) >= 11 is 7.50. The lowest BCUT2D eigenvalue weighted by Crippen LogP contribution is -2.13. The molecular weight excluding hydrogens is 1080 g/mol. The van der Waals surface area contributed by atoms with E-state index in [9.17, 15) is 0 Å². The SMILES string of the molecule is c1ccc(N(c2cc(N(c3ccccc3)c3cccc4c3sc3ccccc34)c3sc4ccc(-c5c(N(c6ccccc6)c6cccc7c6sc6ccccc67)ccc6ccccc56)cc4c3c2)c2cccc3c2sc2ccccc23)cc1. The minimum Gasteiger partial charge on any atom is -0.309 e. The van der Waals surface area contributed by atoms with Crippen LogP contribution in [0.5, 0.6) is 0 Å². The van der Waals surface area contributed by atoms with Gasteiger partial charge in [0.2, 0.25) is 0 Å². The van der Waals surface area contributed by atoms with Crippen LogP contribution >= 0.6 is 45.3 Å². The normalized spacial score (nSPS) is 11.9. The van der Waals surface area contributed by atoms with Crippen LogP contribution < -0.4 is 14.7 Å². The quantitative estimate of drug-likeness (QED) is 0.135. The highest BCUT2D eigenvalue weighted by Gasteiger charge is 2.28. The third-order valence-corrected chi connectivity index (χ3v) is 21.2. The number of benzene rings is 13. The van der Waals surface area contributed by atoms with Gasteiger partial charge in [0.25, 0.3) is 0 Å². The van der Waals surface area contributed by atoms with Gasteiger partial charge in [-0.05, 0) is 119 Å². The van der Waals surface area contributed by atoms with Gasteiger partial charge in [0.1, 0.15) is 0 Å². The van der Waals surface area contributed by atoms with Crippen LogP contribution in [-0.2, 0) is 0 Å². The van der Waals surface area contributed by atoms with Crippen molar-refractivity contribution in [1.82, 2.24) is 0 Å². The highest BCUT2D eigenvalue weighted by Crippen LogP contribution is 2.55. The number of fused-ring (bicyclic) bond motifs is 13. The van der Waals surface area contributed by atoms with E-state index in [1.54, 1.807) is 0 Å². The summed E-state index contributed by atoms with van der Waals surface area (Å²) < 4.78 is 10.1. The zero-order valence-electron chi connectivity index (χ0n) is 44.6. The zero-order chi connectivity index (χ0) is 54.5. The zero-order valence-corrected chi connectivity index (χ0v) is 47.9. The molecule has 0 aliphatic carbocycles. The van der Waals surface area contributed by atoms with Crippen LogP contribution in [0.1, 0.15) is 0 Å². The minimum atomic E-state index is 1.08. The fourth-order valence-electron chi connectivity index (χ4n) is 12.7. The van der Waals surface area contributed by atoms with Crippen molar-refractivity contribution < 1.29 is 0 Å². The van der Waals surface area contributed by atoms with Crippen molar-refractivity contribution in [3.63, 3.8) is 0 Å². The first-order valence-electron chi connectivity index (χ1n) is 28.0. The smallest absolute Gasteiger partial charge is 0.0661 e. The van der Waals surface area contributed by atoms with Gasteiger partial charge in [-0.1, -0.05) is 182 Å². The summed E-state index contributed by atoms with van der Waals surface area (Å²) in [6.45, 7) is 0. The summed E-state index contributed by atoms with van der Waals surface area (Å²) in [5.41, 5.74) is 12.4. The van der Waals surface area contributed by atoms with E-state index in [1.807, 2.05) is 45.3 Å². The summed E-state index contributed by atoms with van der Waals surface area (Å²) in [7, 11) is 0. The van der Waals surface area contributed by atoms with Crippen LogP contribution in [-0.4, -0.2) is 0 Å². The van der Waals surface area contributed by atoms with E-state index in [-0.39, 0.29) is 0 Å². The third-order valence-electron chi connectivity index (χ3n) is 16.4. The van der Waals surface area contributed by atoms with Crippen molar-refractivity contribution in [1.29, 1.82) is 0 Å². The molecule has 0 saturated carbocycles. The summed E-state index contributed by atoms with van der Waals surface area (Å²) in [6.07, 6.45) is 0. The molecule has 0 atom stereocenters. The van der Waals surface area contributed by atoms with Gasteiger partial charge in [-0.25, -0.2) is 0 Å². The summed E-state index contributed by atoms with van der Waals surface area (Å²) in [5.74, 6) is 0. The average molecular weight is 1130 g/mol. The molecule has 0 aliphatic rings. The van der Waals surface area contributed by atoms with Crippen LogP contribution in [0.2, 0.25) is 0 Å². The van der Waals surface area contributed by atoms with Crippen LogP contribution in [0.3, 0.4) is 0 Å². The van der Waals surface area contributed by atoms with Gasteiger partial charge in [0.05, 0.1) is 47.2 Å². The fourth-order valence-corrected chi connectivity index (χ4v) is 17.5. The minimum absolute atomic E-state index is 1.08. The van der Waals surface area contributed by atoms with Crippen molar-refractivity contribution in [2.45, 2.75) is 0 Å². The van der Waals surface area contributed by atoms with Gasteiger partial charge in [0, 0.05) is 90.2 Å². The standard InChI is InChI=1S/C76H47N3S4/c1-4-22-50(23-5-1)77(64-35-18-32-58-55-29-12-15-38-68(55)80-73(58)64)53-46-62-61-45-49(42-44-71(61)83-76(62)67(47-53)79(52-26-8-3-9-27-52)66-37-20-34-60-57-31-14-17-40-70(57)82-75(60)66)72-54-28-11-10-21-48(54)41-43-63(72)78(51-24-6-2-7-25-51)65-36-19-33-59-56-30-13-16-39-69(56)81-74(59)65/h1-47H. The molecule has 0 fully saturated rings. The van der Waals surface area contributed by atoms with Crippen molar-refractivity contribution in [2.75, 3.05) is 14.7 Å². The predicted molar refractivity (Wildman–Crippen MR) is 365 cm³/mol. The van der Waals surface area contributed by atoms with Gasteiger partial charge in [-0.3, -0.25) is 0 Å². The maximum Gasteiger partial charge on any atom is 0.0661 e. The van der Waals surface area contributed by atoms with Crippen LogP contribution in [0.15, 0.2) is 285 Å². The van der Waals surface area contributed by atoms with E-state index in [0.29, 0.717) is 0 Å². The van der Waals surface area contributed by atoms with Crippen LogP contribution in [0.25, 0.3) is 103 Å². The Morgan fingerprint density at radius 3 is 1.12 bits per heavy atom. The second-order valence-corrected chi connectivity index (χ2v) is 25.3. The highest BCUT2D eigenvalue weighted by molar-refractivity contribution is 7.27. The Hall–Kier alpha value is -9.60. The molecule has 0 bridgehead atoms. The lowest BCUT2D eigenvalue weighted by atomic mass is 9.94. The first-order valence-corrected chi connectivity index (χ1v) is 31.2. The molecule has 7 heteroatoms. The largest absolute Gasteiger partial charge is 0.309 e. The number of rotatable bonds is 10. The maximum atomic E-state index is 2.54. The van der Waals surface area contributed by atoms with E-state index in [1.165, 1.54) is 97.0 Å². The third kappa shape index (κ3) is 7.81. The predicted octanol–water partition coefficient (Wildman–Crippen LogP) is 24.4. The fraction of sp³-hybridized carbons (Fsp3) is 0. The molecule has 0 radical (unpaired) electrons. The number of para-hydroxylation sites is 3. The molecular formula is C76H47N3S4. The highest BCUT2D eigenvalue weighted by atomic mass is 32.1. The number of thiophene rings is 4. The van der Waals surface area contributed by atoms with E-state index < -0.39 is 0 Å². The van der Waals surface area contributed by atoms with Crippen LogP contribution in [0, 0.1) is 0 Å². The first-order chi connectivity index (χ1) is 41.2. The summed E-state index contributed by atoms with van der Waals surface area (Å²) in [6, 6.07) is 106. The van der Waals surface area contributed by atoms with E-state index in [0.717, 1.165) is 56.7 Å². The van der Waals surface area contributed by atoms with Gasteiger partial charge >= 0.3 is 0 Å². The second kappa shape index (κ2) is 19.6. The Morgan fingerprint density at radius 1 is 0.205 bits per heavy atom. The van der Waals surface area contributed by atoms with Gasteiger partial charge < -0.3 is 14.7 Å². The molecule has 0 spiro atoms. The molecule has 17 aromatic rings. The molecule has 83 heavy (non-hydrogen) atoms. The molecule has 4 heterocycles. The Kier molecular flexibility index (Phi) is 11.3. The Balaban J connectivity index is 0.967. The second-order valence-electron chi connectivity index (χ2n) is 21.1. The number of nitrogens with zero attached hydrogens (tertiary/aromatic N) is 3. The number of anilines is 9. The van der Waals surface area contributed by atoms with Gasteiger partial charge in [0.15, 0.2) is 0 Å². The first kappa shape index (κ1) is 48.1. The molecule has 0 unspecified atom stereocenters. The molecule has 0 saturated heterocycles. The molecule has 0 amide bonds. The molecule has 17 rings (SSSR count). The Bertz CT molecular complexity index is 5370. The van der Waals surface area contributed by atoms with Crippen molar-refractivity contribution >= 4 is 188 Å². The molecule has 13 aromatic carbocycles. The molecule has 390 valence electrons. The average Bonchev–Trinajstić information content (AvgIpc) is 2.78. The van der Waals surface area contributed by atoms with Crippen molar-refractivity contribution in [3.05, 3.63) is 285 Å². The van der Waals surface area contributed by atoms with Crippen molar-refractivity contribution in [3.8, 4) is 11.1 Å². The van der Waals surface area contributed by atoms with E-state index in [2.05, 4.69) is 300 Å². The summed E-state index contributed by atoms with van der Waals surface area (Å²) in [5, 5.41) is 12.4. The maximum absolute atomic E-state index is 2.54. The lowest BCUT2D eigenvalue weighted by Gasteiger charge is -2.30. The van der Waals surface area contributed by atoms with Gasteiger partial charge in [-0.2, -0.15) is 0 Å². The van der Waals surface area contributed by atoms with Crippen LogP contribution in [0.4, 0.5) is 51.2 Å². The monoisotopic (exact) mass is 1130 g/mol. The Labute approximate surface area is 495 Å². The van der Waals surface area contributed by atoms with E-state index in [4.69, 9.17) is 0 Å². The molecule has 3 nitrogen and oxygen atoms in total. The molecule has 0 aliphatic heterocycles. The van der Waals surface area contributed by atoms with Gasteiger partial charge in [-0.15, -0.1) is 45.3 Å². The molecule has 0 N–H and O–H groups in total. The Morgan fingerprint density at radius 2 is 0.602 bits per heavy atom. The topological polar surface area (TPSA) is 9.72 Å².